The van der Waals surface area contributed by atoms with E-state index in [-0.39, 0.29) is 17.2 Å². The van der Waals surface area contributed by atoms with Gasteiger partial charge in [0.2, 0.25) is 11.7 Å². The van der Waals surface area contributed by atoms with E-state index in [0.717, 1.165) is 0 Å². The molecule has 86 valence electrons. The Labute approximate surface area is 103 Å². The summed E-state index contributed by atoms with van der Waals surface area (Å²) in [6, 6.07) is 8.25. The zero-order valence-electron chi connectivity index (χ0n) is 8.87. The van der Waals surface area contributed by atoms with Gasteiger partial charge in [-0.25, -0.2) is 0 Å². The van der Waals surface area contributed by atoms with Crippen LogP contribution in [0.3, 0.4) is 0 Å². The van der Waals surface area contributed by atoms with Gasteiger partial charge in [-0.1, -0.05) is 11.6 Å². The lowest BCUT2D eigenvalue weighted by atomic mass is 10.1. The van der Waals surface area contributed by atoms with Gasteiger partial charge < -0.3 is 10.1 Å². The number of nitriles is 1. The maximum Gasteiger partial charge on any atom is 0.209 e. The van der Waals surface area contributed by atoms with E-state index in [1.165, 1.54) is 0 Å². The predicted molar refractivity (Wildman–Crippen MR) is 62.4 cm³/mol. The molecule has 0 aromatic heterocycles. The van der Waals surface area contributed by atoms with Crippen LogP contribution in [0.4, 0.5) is 0 Å². The highest BCUT2D eigenvalue weighted by Crippen LogP contribution is 2.16. The molecule has 0 aliphatic carbocycles. The summed E-state index contributed by atoms with van der Waals surface area (Å²) in [6.07, 6.45) is 0. The molecule has 1 N–H and O–H groups in total. The van der Waals surface area contributed by atoms with Crippen molar-refractivity contribution in [2.45, 2.75) is 0 Å². The van der Waals surface area contributed by atoms with E-state index >= 15 is 0 Å². The molecule has 1 aliphatic rings. The maximum atomic E-state index is 12.0. The lowest BCUT2D eigenvalue weighted by Crippen LogP contribution is -2.12. The van der Waals surface area contributed by atoms with Gasteiger partial charge in [-0.2, -0.15) is 5.26 Å². The van der Waals surface area contributed by atoms with E-state index in [1.54, 1.807) is 24.3 Å². The van der Waals surface area contributed by atoms with Gasteiger partial charge in [0.05, 0.1) is 6.54 Å². The minimum atomic E-state index is -0.367. The normalized spacial score (nSPS) is 16.7. The first-order valence-corrected chi connectivity index (χ1v) is 5.41. The molecule has 1 aromatic rings. The van der Waals surface area contributed by atoms with Crippen molar-refractivity contribution in [3.63, 3.8) is 0 Å². The molecule has 0 radical (unpaired) electrons. The second-order valence-electron chi connectivity index (χ2n) is 3.43. The number of benzene rings is 1. The van der Waals surface area contributed by atoms with E-state index < -0.39 is 0 Å². The van der Waals surface area contributed by atoms with E-state index in [0.29, 0.717) is 23.7 Å². The van der Waals surface area contributed by atoms with Crippen LogP contribution < -0.4 is 5.32 Å². The van der Waals surface area contributed by atoms with Crippen molar-refractivity contribution in [3.05, 3.63) is 46.3 Å². The smallest absolute Gasteiger partial charge is 0.209 e. The molecule has 1 heterocycles. The number of rotatable bonds is 2. The minimum absolute atomic E-state index is 0.00942. The van der Waals surface area contributed by atoms with Crippen LogP contribution in [0.1, 0.15) is 10.4 Å². The molecule has 1 fully saturated rings. The van der Waals surface area contributed by atoms with Crippen LogP contribution in [-0.2, 0) is 4.74 Å². The number of carbonyl (C=O) groups excluding carboxylic acids is 1. The average Bonchev–Trinajstić information content (AvgIpc) is 2.84. The first kappa shape index (κ1) is 11.5. The highest BCUT2D eigenvalue weighted by atomic mass is 35.5. The van der Waals surface area contributed by atoms with Crippen molar-refractivity contribution in [2.24, 2.45) is 0 Å². The Morgan fingerprint density at radius 1 is 1.41 bits per heavy atom. The van der Waals surface area contributed by atoms with Crippen LogP contribution in [0.5, 0.6) is 0 Å². The van der Waals surface area contributed by atoms with Crippen molar-refractivity contribution < 1.29 is 9.53 Å². The van der Waals surface area contributed by atoms with Crippen LogP contribution >= 0.6 is 11.6 Å². The summed E-state index contributed by atoms with van der Waals surface area (Å²) in [7, 11) is 0. The number of allylic oxidation sites excluding steroid dienone is 1. The van der Waals surface area contributed by atoms with Gasteiger partial charge in [0.1, 0.15) is 12.7 Å². The largest absolute Gasteiger partial charge is 0.476 e. The Hall–Kier alpha value is -1.99. The summed E-state index contributed by atoms with van der Waals surface area (Å²) >= 11 is 5.73. The third kappa shape index (κ3) is 2.40. The molecule has 0 spiro atoms. The van der Waals surface area contributed by atoms with Gasteiger partial charge in [0, 0.05) is 10.6 Å². The quantitative estimate of drug-likeness (QED) is 0.493. The monoisotopic (exact) mass is 248 g/mol. The fourth-order valence-electron chi connectivity index (χ4n) is 1.48. The molecule has 4 nitrogen and oxygen atoms in total. The number of ketones is 1. The summed E-state index contributed by atoms with van der Waals surface area (Å²) < 4.78 is 5.17. The standard InChI is InChI=1S/C12H9ClN2O2/c13-9-3-1-8(2-4-9)11(16)10(7-14)12-15-5-6-17-12/h1-4,15H,5-6H2/b12-10-. The van der Waals surface area contributed by atoms with E-state index in [1.807, 2.05) is 6.07 Å². The molecule has 17 heavy (non-hydrogen) atoms. The number of nitrogens with zero attached hydrogens (tertiary/aromatic N) is 1. The number of hydrogen-bond donors (Lipinski definition) is 1. The molecule has 0 saturated carbocycles. The molecule has 1 aliphatic heterocycles. The van der Waals surface area contributed by atoms with E-state index in [4.69, 9.17) is 21.6 Å². The van der Waals surface area contributed by atoms with Crippen molar-refractivity contribution in [3.8, 4) is 6.07 Å². The SMILES string of the molecule is N#C/C(C(=O)c1ccc(Cl)cc1)=C1\NCCO1. The summed E-state index contributed by atoms with van der Waals surface area (Å²) in [4.78, 5) is 12.0. The molecular weight excluding hydrogens is 240 g/mol. The fraction of sp³-hybridized carbons (Fsp3) is 0.167. The summed E-state index contributed by atoms with van der Waals surface area (Å²) in [5, 5.41) is 12.4. The van der Waals surface area contributed by atoms with Gasteiger partial charge in [-0.3, -0.25) is 4.79 Å². The van der Waals surface area contributed by atoms with E-state index in [9.17, 15) is 4.79 Å². The number of nitrogens with one attached hydrogen (secondary N) is 1. The summed E-state index contributed by atoms with van der Waals surface area (Å²) in [5.74, 6) is -0.110. The van der Waals surface area contributed by atoms with Crippen LogP contribution in [0.15, 0.2) is 35.7 Å². The molecule has 0 unspecified atom stereocenters. The molecule has 0 bridgehead atoms. The fourth-order valence-corrected chi connectivity index (χ4v) is 1.61. The number of Topliss-reactive ketones (excluding diaryl/α,β-unsaturated/α-hetero) is 1. The molecule has 0 atom stereocenters. The Morgan fingerprint density at radius 3 is 2.65 bits per heavy atom. The topological polar surface area (TPSA) is 62.1 Å². The Bertz CT molecular complexity index is 506. The van der Waals surface area contributed by atoms with Crippen molar-refractivity contribution in [1.82, 2.24) is 5.32 Å². The molecule has 0 amide bonds. The van der Waals surface area contributed by atoms with Gasteiger partial charge in [-0.15, -0.1) is 0 Å². The van der Waals surface area contributed by atoms with Crippen molar-refractivity contribution >= 4 is 17.4 Å². The van der Waals surface area contributed by atoms with E-state index in [2.05, 4.69) is 5.32 Å². The number of ether oxygens (including phenoxy) is 1. The van der Waals surface area contributed by atoms with Gasteiger partial charge in [0.15, 0.2) is 5.57 Å². The zero-order valence-corrected chi connectivity index (χ0v) is 9.62. The second kappa shape index (κ2) is 4.89. The average molecular weight is 249 g/mol. The molecule has 2 rings (SSSR count). The van der Waals surface area contributed by atoms with Gasteiger partial charge >= 0.3 is 0 Å². The van der Waals surface area contributed by atoms with Crippen molar-refractivity contribution in [1.29, 1.82) is 5.26 Å². The third-order valence-electron chi connectivity index (χ3n) is 2.31. The van der Waals surface area contributed by atoms with Crippen LogP contribution in [0, 0.1) is 11.3 Å². The summed E-state index contributed by atoms with van der Waals surface area (Å²) in [6.45, 7) is 1.07. The number of hydrogen-bond acceptors (Lipinski definition) is 4. The Kier molecular flexibility index (Phi) is 3.31. The maximum absolute atomic E-state index is 12.0. The Morgan fingerprint density at radius 2 is 2.12 bits per heavy atom. The molecule has 1 aromatic carbocycles. The lowest BCUT2D eigenvalue weighted by Gasteiger charge is -2.03. The first-order chi connectivity index (χ1) is 8.22. The first-order valence-electron chi connectivity index (χ1n) is 5.03. The van der Waals surface area contributed by atoms with Gasteiger partial charge in [0.25, 0.3) is 0 Å². The second-order valence-corrected chi connectivity index (χ2v) is 3.86. The lowest BCUT2D eigenvalue weighted by molar-refractivity contribution is 0.103. The van der Waals surface area contributed by atoms with Gasteiger partial charge in [-0.05, 0) is 24.3 Å². The predicted octanol–water partition coefficient (Wildman–Crippen LogP) is 1.88. The highest BCUT2D eigenvalue weighted by molar-refractivity contribution is 6.30. The number of halogens is 1. The zero-order chi connectivity index (χ0) is 12.3. The molecular formula is C12H9ClN2O2. The Balaban J connectivity index is 2.33. The highest BCUT2D eigenvalue weighted by Gasteiger charge is 2.21. The minimum Gasteiger partial charge on any atom is -0.476 e. The van der Waals surface area contributed by atoms with Crippen LogP contribution in [0.2, 0.25) is 5.02 Å². The molecule has 1 saturated heterocycles. The molecule has 5 heteroatoms. The third-order valence-corrected chi connectivity index (χ3v) is 2.56. The van der Waals surface area contributed by atoms with Crippen molar-refractivity contribution in [2.75, 3.05) is 13.2 Å². The number of carbonyl (C=O) groups is 1. The van der Waals surface area contributed by atoms with Crippen LogP contribution in [0.25, 0.3) is 0 Å². The summed E-state index contributed by atoms with van der Waals surface area (Å²) in [5.41, 5.74) is 0.403. The van der Waals surface area contributed by atoms with Crippen LogP contribution in [-0.4, -0.2) is 18.9 Å².